The summed E-state index contributed by atoms with van der Waals surface area (Å²) in [6, 6.07) is 15.0. The number of benzene rings is 3. The summed E-state index contributed by atoms with van der Waals surface area (Å²) >= 11 is 1.60. The summed E-state index contributed by atoms with van der Waals surface area (Å²) in [5, 5.41) is 52.0. The third-order valence-corrected chi connectivity index (χ3v) is 12.9. The van der Waals surface area contributed by atoms with E-state index in [0.717, 1.165) is 46.2 Å². The van der Waals surface area contributed by atoms with Gasteiger partial charge in [-0.15, -0.1) is 0 Å². The molecule has 1 heterocycles. The Balaban J connectivity index is 0. The van der Waals surface area contributed by atoms with Gasteiger partial charge in [-0.2, -0.15) is 11.8 Å². The number of nitrogens with two attached hydrogens (primary N) is 12. The molecule has 0 bridgehead atoms. The number of aromatic nitrogens is 1. The van der Waals surface area contributed by atoms with Crippen molar-refractivity contribution >= 4 is 82.3 Å². The van der Waals surface area contributed by atoms with Gasteiger partial charge in [0.1, 0.15) is 66.2 Å². The van der Waals surface area contributed by atoms with Crippen molar-refractivity contribution in [2.75, 3.05) is 31.7 Å². The Labute approximate surface area is 537 Å². The van der Waals surface area contributed by atoms with Crippen LogP contribution in [0.5, 0.6) is 5.75 Å². The molecule has 0 aliphatic rings. The van der Waals surface area contributed by atoms with Gasteiger partial charge in [0.2, 0.25) is 0 Å². The van der Waals surface area contributed by atoms with E-state index in [1.807, 2.05) is 74.7 Å². The average molecular weight is 1320 g/mol. The highest BCUT2D eigenvalue weighted by Gasteiger charge is 2.31. The normalized spacial score (nSPS) is 13.7. The summed E-state index contributed by atoms with van der Waals surface area (Å²) < 4.78 is 14.8. The van der Waals surface area contributed by atoms with E-state index >= 15 is 0 Å². The van der Waals surface area contributed by atoms with Crippen molar-refractivity contribution in [3.8, 4) is 5.75 Å². The average Bonchev–Trinajstić information content (AvgIpc) is 1.69. The van der Waals surface area contributed by atoms with Gasteiger partial charge in [0.15, 0.2) is 5.96 Å². The molecular weight excluding hydrogens is 1220 g/mol. The van der Waals surface area contributed by atoms with Crippen LogP contribution in [0.25, 0.3) is 10.9 Å². The van der Waals surface area contributed by atoms with Crippen LogP contribution in [0.15, 0.2) is 90.1 Å². The van der Waals surface area contributed by atoms with E-state index in [1.54, 1.807) is 42.2 Å². The summed E-state index contributed by atoms with van der Waals surface area (Å²) in [5.41, 5.74) is 67.7. The molecule has 0 spiro atoms. The van der Waals surface area contributed by atoms with Gasteiger partial charge in [0, 0.05) is 30.1 Å². The number of guanidine groups is 1. The second-order valence-electron chi connectivity index (χ2n) is 20.8. The fourth-order valence-electron chi connectivity index (χ4n) is 6.90. The standard InChI is InChI=1S/C18H24N4O6.C15H22N2O4.C9H11NO2.C6H14N4O2.C6H14N2O2.C5H11NO2S/c1-9(27-17(25)13(20)8-23)15(21)18(26)28-16(24)12(19)6-10-7-22-14-5-3-2-4-11(10)14;1-9(2)7-13(17)15(20)21-11-5-3-10(4-6-11)8-12(16)14(18)19;10-8(9(11)12)6-7-4-2-1-3-5-7;7-4(5(11)12)2-1-3-10-6(8)9;7-4-2-1-3-5(8)6(9)10;1-9-3-2-4(6)5(7)8/h2-5,7,9,12-13,15,22-23H,6,8,19-21H2,1H3;3-6,9,12-13H,7-8,16-17H2,1-2H3,(H,18,19);1-5,8H,6,10H2,(H,11,12);4H,1-3,7H2,(H,11,12)(H4,8,9,10);5H,1-4,7-8H2,(H,9,10);4H,2-3,6H2,1H3,(H,7,8)/t9-,12+,13+,15+;12-,13-;8-;4-;5-;4-/m100000/s1. The first kappa shape index (κ1) is 85.9. The SMILES string of the molecule is CC(C)C[C@H](N)C(=O)Oc1ccc(C[C@H](N)C(=O)O)cc1.CSCC[C@H](N)C(=O)O.C[C@@H](OC(=O)[C@@H](N)CO)[C@H](N)C(=O)OC(=O)[C@@H](N)Cc1c[nH]c2ccccc12.NC(N)=NCCC[C@H](N)C(=O)O.NCCCC[C@H](N)C(=O)O.N[C@@H](Cc1ccccc1)C(=O)O. The Bertz CT molecular complexity index is 2850. The van der Waals surface area contributed by atoms with Crippen LogP contribution in [0.3, 0.4) is 0 Å². The third kappa shape index (κ3) is 39.8. The molecule has 0 amide bonds. The van der Waals surface area contributed by atoms with E-state index in [1.165, 1.54) is 6.92 Å². The minimum absolute atomic E-state index is 0.0129. The summed E-state index contributed by atoms with van der Waals surface area (Å²) in [6.07, 6.45) is 7.53. The highest BCUT2D eigenvalue weighted by Crippen LogP contribution is 2.20. The topological polar surface area (TPSA) is 643 Å². The number of unbranched alkanes of at least 4 members (excludes halogenated alkanes) is 1. The number of aliphatic carboxylic acids is 5. The maximum absolute atomic E-state index is 12.1. The highest BCUT2D eigenvalue weighted by molar-refractivity contribution is 7.98. The first-order chi connectivity index (χ1) is 43.1. The number of carbonyl (C=O) groups excluding carboxylic acids is 4. The molecule has 516 valence electrons. The van der Waals surface area contributed by atoms with Gasteiger partial charge in [-0.3, -0.25) is 33.8 Å². The minimum Gasteiger partial charge on any atom is -0.480 e. The molecule has 0 saturated heterocycles. The number of rotatable bonds is 32. The van der Waals surface area contributed by atoms with Gasteiger partial charge in [-0.1, -0.05) is 80.9 Å². The molecule has 92 heavy (non-hydrogen) atoms. The van der Waals surface area contributed by atoms with Crippen molar-refractivity contribution in [2.45, 2.75) is 145 Å². The first-order valence-corrected chi connectivity index (χ1v) is 30.2. The molecule has 0 aliphatic heterocycles. The number of aliphatic hydroxyl groups excluding tert-OH is 1. The molecule has 0 fully saturated rings. The number of H-pyrrole nitrogens is 1. The molecule has 4 rings (SSSR count). The molecule has 32 nitrogen and oxygen atoms in total. The fourth-order valence-corrected chi connectivity index (χ4v) is 7.39. The van der Waals surface area contributed by atoms with Crippen molar-refractivity contribution < 1.29 is 88.0 Å². The molecule has 33 heteroatoms. The summed E-state index contributed by atoms with van der Waals surface area (Å²) in [5.74, 6) is -6.77. The predicted octanol–water partition coefficient (Wildman–Crippen LogP) is -1.62. The fraction of sp³-hybridized carbons (Fsp3) is 0.492. The molecule has 3 aromatic carbocycles. The lowest BCUT2D eigenvalue weighted by atomic mass is 10.0. The van der Waals surface area contributed by atoms with Crippen LogP contribution >= 0.6 is 11.8 Å². The number of carboxylic acids is 5. The molecule has 0 aliphatic carbocycles. The second-order valence-corrected chi connectivity index (χ2v) is 21.8. The van der Waals surface area contributed by atoms with Gasteiger partial charge in [-0.25, -0.2) is 14.4 Å². The van der Waals surface area contributed by atoms with Crippen LogP contribution in [0.2, 0.25) is 0 Å². The number of hydrogen-bond acceptors (Lipinski definition) is 25. The predicted molar refractivity (Wildman–Crippen MR) is 347 cm³/mol. The number of aliphatic hydroxyl groups is 1. The molecule has 0 saturated carbocycles. The molecule has 31 N–H and O–H groups in total. The molecule has 0 radical (unpaired) electrons. The zero-order valence-corrected chi connectivity index (χ0v) is 53.0. The monoisotopic (exact) mass is 1320 g/mol. The van der Waals surface area contributed by atoms with Crippen LogP contribution in [0.4, 0.5) is 0 Å². The lowest BCUT2D eigenvalue weighted by Crippen LogP contribution is -2.48. The number of para-hydroxylation sites is 1. The van der Waals surface area contributed by atoms with Gasteiger partial charge in [0.05, 0.1) is 6.61 Å². The number of aromatic amines is 1. The minimum atomic E-state index is -1.42. The molecular formula is C59H96N14O18S. The highest BCUT2D eigenvalue weighted by atomic mass is 32.2. The smallest absolute Gasteiger partial charge is 0.334 e. The van der Waals surface area contributed by atoms with Crippen LogP contribution in [-0.2, 0) is 71.9 Å². The number of nitrogens with zero attached hydrogens (tertiary/aromatic N) is 1. The second kappa shape index (κ2) is 48.6. The van der Waals surface area contributed by atoms with Crippen LogP contribution < -0.4 is 73.5 Å². The van der Waals surface area contributed by atoms with Gasteiger partial charge < -0.3 is 119 Å². The summed E-state index contributed by atoms with van der Waals surface area (Å²) in [4.78, 5) is 106. The number of nitrogens with one attached hydrogen (secondary N) is 1. The molecule has 0 unspecified atom stereocenters. The number of carbonyl (C=O) groups is 9. The van der Waals surface area contributed by atoms with Crippen LogP contribution in [0.1, 0.15) is 82.4 Å². The zero-order chi connectivity index (χ0) is 70.6. The van der Waals surface area contributed by atoms with E-state index in [9.17, 15) is 43.2 Å². The number of ether oxygens (including phenoxy) is 3. The number of thioether (sulfide) groups is 1. The number of fused-ring (bicyclic) bond motifs is 1. The zero-order valence-electron chi connectivity index (χ0n) is 52.2. The Morgan fingerprint density at radius 2 is 1.03 bits per heavy atom. The van der Waals surface area contributed by atoms with Gasteiger partial charge in [0.25, 0.3) is 0 Å². The number of esters is 4. The Morgan fingerprint density at radius 1 is 0.543 bits per heavy atom. The lowest BCUT2D eigenvalue weighted by molar-refractivity contribution is -0.165. The molecule has 4 aromatic rings. The number of carboxylic acid groups (broad SMARTS) is 5. The molecule has 1 aromatic heterocycles. The molecule has 10 atom stereocenters. The van der Waals surface area contributed by atoms with E-state index < -0.39 is 121 Å². The number of hydrogen-bond donors (Lipinski definition) is 19. The van der Waals surface area contributed by atoms with Crippen molar-refractivity contribution in [1.29, 1.82) is 0 Å². The third-order valence-electron chi connectivity index (χ3n) is 12.3. The van der Waals surface area contributed by atoms with Crippen molar-refractivity contribution in [1.82, 2.24) is 4.98 Å². The van der Waals surface area contributed by atoms with E-state index in [2.05, 4.69) is 9.98 Å². The lowest BCUT2D eigenvalue weighted by Gasteiger charge is -2.20. The van der Waals surface area contributed by atoms with E-state index in [0.29, 0.717) is 63.3 Å². The van der Waals surface area contributed by atoms with Crippen LogP contribution in [-0.4, -0.2) is 187 Å². The van der Waals surface area contributed by atoms with E-state index in [-0.39, 0.29) is 18.8 Å². The Morgan fingerprint density at radius 3 is 1.51 bits per heavy atom. The van der Waals surface area contributed by atoms with E-state index in [4.69, 9.17) is 114 Å². The Kier molecular flexibility index (Phi) is 45.3. The van der Waals surface area contributed by atoms with Crippen molar-refractivity contribution in [3.63, 3.8) is 0 Å². The van der Waals surface area contributed by atoms with Gasteiger partial charge >= 0.3 is 53.7 Å². The van der Waals surface area contributed by atoms with Crippen molar-refractivity contribution in [2.24, 2.45) is 79.7 Å². The number of aliphatic imine (C=N–C) groups is 1. The summed E-state index contributed by atoms with van der Waals surface area (Å²) in [7, 11) is 0. The summed E-state index contributed by atoms with van der Waals surface area (Å²) in [6.45, 7) is 5.70. The maximum atomic E-state index is 12.1. The van der Waals surface area contributed by atoms with Crippen LogP contribution in [0, 0.1) is 5.92 Å². The first-order valence-electron chi connectivity index (χ1n) is 28.8. The van der Waals surface area contributed by atoms with Crippen molar-refractivity contribution in [3.05, 3.63) is 102 Å². The quantitative estimate of drug-likeness (QED) is 0.00652. The Hall–Kier alpha value is -8.19. The van der Waals surface area contributed by atoms with Gasteiger partial charge in [-0.05, 0) is 118 Å². The largest absolute Gasteiger partial charge is 0.480 e. The maximum Gasteiger partial charge on any atom is 0.334 e.